The molecule has 0 N–H and O–H groups in total. The van der Waals surface area contributed by atoms with Gasteiger partial charge in [-0.25, -0.2) is 0 Å². The van der Waals surface area contributed by atoms with Crippen LogP contribution in [0.5, 0.6) is 0 Å². The fourth-order valence-electron chi connectivity index (χ4n) is 2.12. The Morgan fingerprint density at radius 3 is 2.09 bits per heavy atom. The van der Waals surface area contributed by atoms with E-state index in [0.717, 1.165) is 39.5 Å². The van der Waals surface area contributed by atoms with Crippen molar-refractivity contribution in [3.8, 4) is 0 Å². The molecule has 0 aliphatic heterocycles. The molecule has 1 rings (SSSR count). The predicted molar refractivity (Wildman–Crippen MR) is 99.7 cm³/mol. The Balaban J connectivity index is 3.04. The molecule has 0 aliphatic carbocycles. The van der Waals surface area contributed by atoms with Crippen LogP contribution in [0.4, 0.5) is 5.69 Å². The average Bonchev–Trinajstić information content (AvgIpc) is 2.55. The molecule has 0 bridgehead atoms. The van der Waals surface area contributed by atoms with Crippen LogP contribution >= 0.6 is 0 Å². The first-order valence-electron chi connectivity index (χ1n) is 7.72. The topological polar surface area (TPSA) is 28.0 Å². The summed E-state index contributed by atoms with van der Waals surface area (Å²) in [6.07, 6.45) is 3.94. The number of nitrogens with zero attached hydrogens (tertiary/aromatic N) is 3. The molecule has 0 radical (unpaired) electrons. The van der Waals surface area contributed by atoms with Gasteiger partial charge < -0.3 is 4.90 Å². The number of allylic oxidation sites excluding steroid dienone is 3. The fraction of sp³-hybridized carbons (Fsp3) is 0.300. The molecular formula is C20H27N3. The van der Waals surface area contributed by atoms with Crippen LogP contribution in [0.2, 0.25) is 0 Å². The van der Waals surface area contributed by atoms with Crippen molar-refractivity contribution in [2.45, 2.75) is 34.6 Å². The van der Waals surface area contributed by atoms with Crippen molar-refractivity contribution >= 4 is 5.69 Å². The Kier molecular flexibility index (Phi) is 6.70. The normalized spacial score (nSPS) is 12.6. The summed E-state index contributed by atoms with van der Waals surface area (Å²) in [7, 11) is 1.94. The standard InChI is InChI=1S/C20H27N3/c1-9-14(3)17(6)23(8)18(7)19(10-2)21-22-20-15(4)12-11-13-16(20)5/h9-13H,6-7H2,1-5,8H3/b14-9-,19-10+,22-21?. The van der Waals surface area contributed by atoms with E-state index in [1.54, 1.807) is 0 Å². The summed E-state index contributed by atoms with van der Waals surface area (Å²) < 4.78 is 0. The van der Waals surface area contributed by atoms with Gasteiger partial charge in [0.05, 0.1) is 11.4 Å². The second-order valence-corrected chi connectivity index (χ2v) is 5.54. The Morgan fingerprint density at radius 2 is 1.61 bits per heavy atom. The zero-order chi connectivity index (χ0) is 17.6. The van der Waals surface area contributed by atoms with E-state index in [-0.39, 0.29) is 0 Å². The molecule has 0 fully saturated rings. The van der Waals surface area contributed by atoms with Gasteiger partial charge in [0.15, 0.2) is 0 Å². The summed E-state index contributed by atoms with van der Waals surface area (Å²) in [6, 6.07) is 6.10. The quantitative estimate of drug-likeness (QED) is 0.453. The van der Waals surface area contributed by atoms with Gasteiger partial charge in [0, 0.05) is 12.7 Å². The largest absolute Gasteiger partial charge is 0.344 e. The van der Waals surface area contributed by atoms with E-state index in [4.69, 9.17) is 0 Å². The van der Waals surface area contributed by atoms with E-state index >= 15 is 0 Å². The van der Waals surface area contributed by atoms with Crippen molar-refractivity contribution in [1.29, 1.82) is 0 Å². The zero-order valence-electron chi connectivity index (χ0n) is 15.1. The highest BCUT2D eigenvalue weighted by molar-refractivity contribution is 5.51. The third-order valence-corrected chi connectivity index (χ3v) is 3.96. The van der Waals surface area contributed by atoms with Gasteiger partial charge in [-0.2, -0.15) is 0 Å². The van der Waals surface area contributed by atoms with Crippen molar-refractivity contribution < 1.29 is 0 Å². The number of likely N-dealkylation sites (N-methyl/N-ethyl adjacent to an activating group) is 1. The molecule has 0 saturated carbocycles. The van der Waals surface area contributed by atoms with Crippen LogP contribution in [-0.2, 0) is 0 Å². The third kappa shape index (κ3) is 4.52. The van der Waals surface area contributed by atoms with Crippen molar-refractivity contribution in [2.24, 2.45) is 10.2 Å². The second-order valence-electron chi connectivity index (χ2n) is 5.54. The lowest BCUT2D eigenvalue weighted by Crippen LogP contribution is -2.17. The highest BCUT2D eigenvalue weighted by Gasteiger charge is 2.11. The van der Waals surface area contributed by atoms with Crippen LogP contribution in [0.1, 0.15) is 31.9 Å². The van der Waals surface area contributed by atoms with Crippen molar-refractivity contribution in [3.05, 3.63) is 77.3 Å². The van der Waals surface area contributed by atoms with E-state index in [2.05, 4.69) is 23.4 Å². The maximum absolute atomic E-state index is 4.43. The van der Waals surface area contributed by atoms with Crippen LogP contribution in [0.3, 0.4) is 0 Å². The van der Waals surface area contributed by atoms with Gasteiger partial charge in [0.25, 0.3) is 0 Å². The predicted octanol–water partition coefficient (Wildman–Crippen LogP) is 6.22. The number of benzene rings is 1. The van der Waals surface area contributed by atoms with Gasteiger partial charge in [0.2, 0.25) is 0 Å². The number of azo groups is 1. The number of hydrogen-bond donors (Lipinski definition) is 0. The molecule has 1 aromatic carbocycles. The van der Waals surface area contributed by atoms with Crippen molar-refractivity contribution in [3.63, 3.8) is 0 Å². The lowest BCUT2D eigenvalue weighted by molar-refractivity contribution is 0.538. The first-order valence-corrected chi connectivity index (χ1v) is 7.72. The molecule has 0 unspecified atom stereocenters. The Labute approximate surface area is 140 Å². The fourth-order valence-corrected chi connectivity index (χ4v) is 2.12. The lowest BCUT2D eigenvalue weighted by atomic mass is 10.1. The lowest BCUT2D eigenvalue weighted by Gasteiger charge is -2.24. The molecule has 0 aliphatic rings. The van der Waals surface area contributed by atoms with E-state index in [9.17, 15) is 0 Å². The number of hydrogen-bond acceptors (Lipinski definition) is 3. The Bertz CT molecular complexity index is 671. The van der Waals surface area contributed by atoms with Gasteiger partial charge in [0.1, 0.15) is 5.70 Å². The third-order valence-electron chi connectivity index (χ3n) is 3.96. The maximum Gasteiger partial charge on any atom is 0.104 e. The second kappa shape index (κ2) is 8.28. The van der Waals surface area contributed by atoms with Gasteiger partial charge in [-0.3, -0.25) is 0 Å². The molecule has 0 saturated heterocycles. The summed E-state index contributed by atoms with van der Waals surface area (Å²) in [5.41, 5.74) is 6.64. The summed E-state index contributed by atoms with van der Waals surface area (Å²) in [6.45, 7) is 18.3. The van der Waals surface area contributed by atoms with Crippen LogP contribution in [0.25, 0.3) is 0 Å². The van der Waals surface area contributed by atoms with Gasteiger partial charge in [-0.15, -0.1) is 10.2 Å². The first-order chi connectivity index (χ1) is 10.8. The molecule has 0 atom stereocenters. The number of rotatable bonds is 6. The SMILES string of the molecule is C=C(/C(C)=C\C)N(C)C(=C)/C(=C\C)N=Nc1c(C)cccc1C. The summed E-state index contributed by atoms with van der Waals surface area (Å²) in [5, 5.41) is 8.84. The van der Waals surface area contributed by atoms with E-state index in [1.165, 1.54) is 0 Å². The number of aryl methyl sites for hydroxylation is 2. The summed E-state index contributed by atoms with van der Waals surface area (Å²) in [5.74, 6) is 0. The van der Waals surface area contributed by atoms with Crippen LogP contribution < -0.4 is 0 Å². The molecule has 3 heteroatoms. The molecule has 23 heavy (non-hydrogen) atoms. The summed E-state index contributed by atoms with van der Waals surface area (Å²) >= 11 is 0. The molecule has 0 amide bonds. The molecule has 1 aromatic rings. The monoisotopic (exact) mass is 309 g/mol. The summed E-state index contributed by atoms with van der Waals surface area (Å²) in [4.78, 5) is 1.94. The molecule has 3 nitrogen and oxygen atoms in total. The molecule has 122 valence electrons. The maximum atomic E-state index is 4.43. The Morgan fingerprint density at radius 1 is 1.04 bits per heavy atom. The van der Waals surface area contributed by atoms with Gasteiger partial charge in [-0.1, -0.05) is 43.5 Å². The molecule has 0 aromatic heterocycles. The molecular weight excluding hydrogens is 282 g/mol. The van der Waals surface area contributed by atoms with E-state index < -0.39 is 0 Å². The van der Waals surface area contributed by atoms with Crippen molar-refractivity contribution in [2.75, 3.05) is 7.05 Å². The minimum atomic E-state index is 0.736. The van der Waals surface area contributed by atoms with Gasteiger partial charge in [-0.05, 0) is 51.3 Å². The highest BCUT2D eigenvalue weighted by Crippen LogP contribution is 2.26. The molecule has 0 spiro atoms. The smallest absolute Gasteiger partial charge is 0.104 e. The Hall–Kier alpha value is -2.42. The van der Waals surface area contributed by atoms with Crippen molar-refractivity contribution in [1.82, 2.24) is 4.90 Å². The van der Waals surface area contributed by atoms with Gasteiger partial charge >= 0.3 is 0 Å². The first kappa shape index (κ1) is 18.6. The minimum absolute atomic E-state index is 0.736. The van der Waals surface area contributed by atoms with Crippen LogP contribution in [-0.4, -0.2) is 11.9 Å². The average molecular weight is 309 g/mol. The zero-order valence-corrected chi connectivity index (χ0v) is 15.1. The van der Waals surface area contributed by atoms with Crippen LogP contribution in [0, 0.1) is 13.8 Å². The van der Waals surface area contributed by atoms with Crippen LogP contribution in [0.15, 0.2) is 76.4 Å². The minimum Gasteiger partial charge on any atom is -0.344 e. The van der Waals surface area contributed by atoms with E-state index in [0.29, 0.717) is 0 Å². The highest BCUT2D eigenvalue weighted by atomic mass is 15.2. The molecule has 0 heterocycles. The van der Waals surface area contributed by atoms with E-state index in [1.807, 2.05) is 76.9 Å².